The van der Waals surface area contributed by atoms with E-state index >= 15 is 0 Å². The lowest BCUT2D eigenvalue weighted by atomic mass is 10.2. The van der Waals surface area contributed by atoms with E-state index < -0.39 is 0 Å². The highest BCUT2D eigenvalue weighted by molar-refractivity contribution is 9.10. The van der Waals surface area contributed by atoms with Crippen LogP contribution in [0.5, 0.6) is 5.75 Å². The second kappa shape index (κ2) is 7.27. The number of rotatable bonds is 5. The van der Waals surface area contributed by atoms with Crippen molar-refractivity contribution in [1.29, 1.82) is 0 Å². The van der Waals surface area contributed by atoms with Gasteiger partial charge in [0.25, 0.3) is 5.91 Å². The number of aryl methyl sites for hydroxylation is 1. The van der Waals surface area contributed by atoms with E-state index in [-0.39, 0.29) is 12.5 Å². The number of hydrogen-bond donors (Lipinski definition) is 0. The number of halogens is 1. The van der Waals surface area contributed by atoms with Crippen LogP contribution >= 0.6 is 15.9 Å². The quantitative estimate of drug-likeness (QED) is 0.811. The van der Waals surface area contributed by atoms with Crippen LogP contribution in [0.25, 0.3) is 0 Å². The van der Waals surface area contributed by atoms with Crippen LogP contribution in [0.4, 0.5) is 5.69 Å². The van der Waals surface area contributed by atoms with E-state index in [1.165, 1.54) is 0 Å². The Kier molecular flexibility index (Phi) is 5.39. The van der Waals surface area contributed by atoms with E-state index in [1.54, 1.807) is 4.90 Å². The molecule has 0 aliphatic rings. The van der Waals surface area contributed by atoms with Crippen molar-refractivity contribution in [2.75, 3.05) is 18.1 Å². The summed E-state index contributed by atoms with van der Waals surface area (Å²) < 4.78 is 6.64. The molecule has 0 atom stereocenters. The standard InChI is InChI=1S/C17H18BrNO2/c1-3-19(15-7-5-4-6-8-15)17(20)12-21-16-10-9-14(18)11-13(16)2/h4-11H,3,12H2,1-2H3. The van der Waals surface area contributed by atoms with E-state index in [4.69, 9.17) is 4.74 Å². The largest absolute Gasteiger partial charge is 0.483 e. The van der Waals surface area contributed by atoms with Gasteiger partial charge in [-0.1, -0.05) is 34.1 Å². The smallest absolute Gasteiger partial charge is 0.264 e. The fraction of sp³-hybridized carbons (Fsp3) is 0.235. The molecule has 2 rings (SSSR count). The van der Waals surface area contributed by atoms with Crippen LogP contribution in [0, 0.1) is 6.92 Å². The molecule has 2 aromatic rings. The zero-order valence-corrected chi connectivity index (χ0v) is 13.8. The fourth-order valence-electron chi connectivity index (χ4n) is 2.10. The number of hydrogen-bond acceptors (Lipinski definition) is 2. The van der Waals surface area contributed by atoms with E-state index in [2.05, 4.69) is 15.9 Å². The number of carbonyl (C=O) groups excluding carboxylic acids is 1. The Balaban J connectivity index is 2.03. The van der Waals surface area contributed by atoms with E-state index in [0.717, 1.165) is 21.5 Å². The van der Waals surface area contributed by atoms with Crippen molar-refractivity contribution in [2.45, 2.75) is 13.8 Å². The predicted octanol–water partition coefficient (Wildman–Crippen LogP) is 4.19. The molecule has 0 bridgehead atoms. The van der Waals surface area contributed by atoms with Crippen molar-refractivity contribution < 1.29 is 9.53 Å². The molecule has 21 heavy (non-hydrogen) atoms. The summed E-state index contributed by atoms with van der Waals surface area (Å²) in [4.78, 5) is 14.0. The molecule has 4 heteroatoms. The van der Waals surface area contributed by atoms with Gasteiger partial charge in [-0.05, 0) is 49.7 Å². The van der Waals surface area contributed by atoms with Crippen LogP contribution in [0.1, 0.15) is 12.5 Å². The number of likely N-dealkylation sites (N-methyl/N-ethyl adjacent to an activating group) is 1. The molecule has 0 aliphatic heterocycles. The summed E-state index contributed by atoms with van der Waals surface area (Å²) in [6, 6.07) is 15.4. The number of para-hydroxylation sites is 1. The first kappa shape index (κ1) is 15.6. The molecule has 0 aliphatic carbocycles. The molecule has 0 unspecified atom stereocenters. The Labute approximate surface area is 133 Å². The van der Waals surface area contributed by atoms with Crippen molar-refractivity contribution in [3.8, 4) is 5.75 Å². The van der Waals surface area contributed by atoms with Crippen molar-refractivity contribution in [3.05, 3.63) is 58.6 Å². The highest BCUT2D eigenvalue weighted by Crippen LogP contribution is 2.22. The predicted molar refractivity (Wildman–Crippen MR) is 88.8 cm³/mol. The zero-order chi connectivity index (χ0) is 15.2. The number of carbonyl (C=O) groups is 1. The average Bonchev–Trinajstić information content (AvgIpc) is 2.48. The maximum Gasteiger partial charge on any atom is 0.264 e. The van der Waals surface area contributed by atoms with Gasteiger partial charge in [-0.15, -0.1) is 0 Å². The fourth-order valence-corrected chi connectivity index (χ4v) is 2.58. The number of amides is 1. The Bertz CT molecular complexity index is 613. The molecule has 0 radical (unpaired) electrons. The Morgan fingerprint density at radius 3 is 2.52 bits per heavy atom. The first-order valence-corrected chi connectivity index (χ1v) is 7.65. The van der Waals surface area contributed by atoms with Crippen molar-refractivity contribution in [3.63, 3.8) is 0 Å². The molecular formula is C17H18BrNO2. The zero-order valence-electron chi connectivity index (χ0n) is 12.2. The lowest BCUT2D eigenvalue weighted by Gasteiger charge is -2.21. The van der Waals surface area contributed by atoms with Gasteiger partial charge in [-0.3, -0.25) is 4.79 Å². The maximum atomic E-state index is 12.3. The first-order valence-electron chi connectivity index (χ1n) is 6.86. The number of benzene rings is 2. The van der Waals surface area contributed by atoms with Gasteiger partial charge in [0.2, 0.25) is 0 Å². The number of nitrogens with zero attached hydrogens (tertiary/aromatic N) is 1. The maximum absolute atomic E-state index is 12.3. The third-order valence-corrected chi connectivity index (χ3v) is 3.67. The average molecular weight is 348 g/mol. The van der Waals surface area contributed by atoms with Gasteiger partial charge >= 0.3 is 0 Å². The summed E-state index contributed by atoms with van der Waals surface area (Å²) in [7, 11) is 0. The highest BCUT2D eigenvalue weighted by Gasteiger charge is 2.14. The molecule has 3 nitrogen and oxygen atoms in total. The Hall–Kier alpha value is -1.81. The van der Waals surface area contributed by atoms with Crippen LogP contribution in [-0.2, 0) is 4.79 Å². The summed E-state index contributed by atoms with van der Waals surface area (Å²) in [6.07, 6.45) is 0. The van der Waals surface area contributed by atoms with Crippen molar-refractivity contribution in [2.24, 2.45) is 0 Å². The summed E-state index contributed by atoms with van der Waals surface area (Å²) >= 11 is 3.41. The van der Waals surface area contributed by atoms with Gasteiger partial charge in [0.15, 0.2) is 6.61 Å². The molecule has 0 spiro atoms. The SMILES string of the molecule is CCN(C(=O)COc1ccc(Br)cc1C)c1ccccc1. The van der Waals surface area contributed by atoms with Crippen molar-refractivity contribution in [1.82, 2.24) is 0 Å². The molecule has 0 N–H and O–H groups in total. The van der Waals surface area contributed by atoms with Gasteiger partial charge in [0, 0.05) is 16.7 Å². The minimum Gasteiger partial charge on any atom is -0.483 e. The summed E-state index contributed by atoms with van der Waals surface area (Å²) in [5, 5.41) is 0. The third-order valence-electron chi connectivity index (χ3n) is 3.17. The Morgan fingerprint density at radius 2 is 1.90 bits per heavy atom. The van der Waals surface area contributed by atoms with E-state index in [1.807, 2.05) is 62.4 Å². The number of ether oxygens (including phenoxy) is 1. The molecule has 0 fully saturated rings. The van der Waals surface area contributed by atoms with Crippen LogP contribution in [0.15, 0.2) is 53.0 Å². The van der Waals surface area contributed by atoms with Gasteiger partial charge in [0.1, 0.15) is 5.75 Å². The molecule has 0 saturated carbocycles. The topological polar surface area (TPSA) is 29.5 Å². The van der Waals surface area contributed by atoms with Gasteiger partial charge < -0.3 is 9.64 Å². The first-order chi connectivity index (χ1) is 10.1. The van der Waals surface area contributed by atoms with Gasteiger partial charge in [-0.25, -0.2) is 0 Å². The second-order valence-corrected chi connectivity index (χ2v) is 5.59. The molecule has 1 amide bonds. The minimum atomic E-state index is -0.0500. The van der Waals surface area contributed by atoms with Crippen molar-refractivity contribution >= 4 is 27.5 Å². The lowest BCUT2D eigenvalue weighted by Crippen LogP contribution is -2.34. The normalized spacial score (nSPS) is 10.2. The minimum absolute atomic E-state index is 0.0329. The molecule has 0 heterocycles. The summed E-state index contributed by atoms with van der Waals surface area (Å²) in [5.41, 5.74) is 1.89. The molecular weight excluding hydrogens is 330 g/mol. The van der Waals surface area contributed by atoms with E-state index in [9.17, 15) is 4.79 Å². The lowest BCUT2D eigenvalue weighted by molar-refractivity contribution is -0.120. The van der Waals surface area contributed by atoms with Crippen LogP contribution in [0.3, 0.4) is 0 Å². The van der Waals surface area contributed by atoms with E-state index in [0.29, 0.717) is 6.54 Å². The molecule has 0 aromatic heterocycles. The van der Waals surface area contributed by atoms with Gasteiger partial charge in [0.05, 0.1) is 0 Å². The van der Waals surface area contributed by atoms with Crippen LogP contribution in [0.2, 0.25) is 0 Å². The summed E-state index contributed by atoms with van der Waals surface area (Å²) in [6.45, 7) is 4.56. The Morgan fingerprint density at radius 1 is 1.19 bits per heavy atom. The second-order valence-electron chi connectivity index (χ2n) is 4.67. The van der Waals surface area contributed by atoms with Crippen LogP contribution < -0.4 is 9.64 Å². The summed E-state index contributed by atoms with van der Waals surface area (Å²) in [5.74, 6) is 0.682. The molecule has 110 valence electrons. The molecule has 2 aromatic carbocycles. The third kappa shape index (κ3) is 4.08. The highest BCUT2D eigenvalue weighted by atomic mass is 79.9. The number of anilines is 1. The monoisotopic (exact) mass is 347 g/mol. The van der Waals surface area contributed by atoms with Crippen LogP contribution in [-0.4, -0.2) is 19.1 Å². The molecule has 0 saturated heterocycles. The van der Waals surface area contributed by atoms with Gasteiger partial charge in [-0.2, -0.15) is 0 Å².